The Balaban J connectivity index is 1.24. The van der Waals surface area contributed by atoms with Gasteiger partial charge in [-0.3, -0.25) is 9.78 Å². The molecule has 0 atom stereocenters. The number of rotatable bonds is 6. The monoisotopic (exact) mass is 509 g/mol. The minimum atomic E-state index is -2.74. The zero-order valence-corrected chi connectivity index (χ0v) is 18.7. The van der Waals surface area contributed by atoms with E-state index >= 15 is 0 Å². The number of hydrogen-bond acceptors (Lipinski definition) is 7. The fraction of sp³-hybridized carbons (Fsp3) is 0.435. The van der Waals surface area contributed by atoms with Crippen molar-refractivity contribution in [3.63, 3.8) is 0 Å². The van der Waals surface area contributed by atoms with Gasteiger partial charge in [0, 0.05) is 12.0 Å². The predicted octanol–water partition coefficient (Wildman–Crippen LogP) is 4.61. The van der Waals surface area contributed by atoms with E-state index in [1.165, 1.54) is 0 Å². The molecule has 13 heteroatoms. The lowest BCUT2D eigenvalue weighted by Crippen LogP contribution is -2.49. The summed E-state index contributed by atoms with van der Waals surface area (Å²) in [7, 11) is 0. The fourth-order valence-electron chi connectivity index (χ4n) is 5.08. The Morgan fingerprint density at radius 1 is 1.06 bits per heavy atom. The van der Waals surface area contributed by atoms with Crippen molar-refractivity contribution in [2.45, 2.75) is 50.4 Å². The molecule has 36 heavy (non-hydrogen) atoms. The summed E-state index contributed by atoms with van der Waals surface area (Å²) in [6.07, 6.45) is 3.53. The van der Waals surface area contributed by atoms with Gasteiger partial charge in [-0.2, -0.15) is 9.37 Å². The van der Waals surface area contributed by atoms with Crippen molar-refractivity contribution >= 4 is 5.91 Å². The SMILES string of the molecule is O=C(NCC12CCC(c3noc(-c4cnc(C(F)F)cn4)n3)(CC1)CC2)c1cc(F)c(O)c(F)c1F. The van der Waals surface area contributed by atoms with E-state index < -0.39 is 46.8 Å². The number of aromatic nitrogens is 4. The number of nitrogens with one attached hydrogen (secondary N) is 1. The van der Waals surface area contributed by atoms with Crippen molar-refractivity contribution in [2.24, 2.45) is 5.41 Å². The number of fused-ring (bicyclic) bond motifs is 3. The fourth-order valence-corrected chi connectivity index (χ4v) is 5.08. The van der Waals surface area contributed by atoms with Crippen LogP contribution in [0.4, 0.5) is 22.0 Å². The number of halogens is 5. The average Bonchev–Trinajstić information content (AvgIpc) is 3.41. The van der Waals surface area contributed by atoms with E-state index in [9.17, 15) is 26.7 Å². The number of carbonyl (C=O) groups excluding carboxylic acids is 1. The minimum Gasteiger partial charge on any atom is -0.503 e. The molecule has 3 aliphatic carbocycles. The molecule has 0 unspecified atom stereocenters. The molecule has 2 bridgehead atoms. The van der Waals surface area contributed by atoms with E-state index in [0.29, 0.717) is 50.4 Å². The highest BCUT2D eigenvalue weighted by molar-refractivity contribution is 5.94. The molecule has 190 valence electrons. The Bertz CT molecular complexity index is 1290. The maximum Gasteiger partial charge on any atom is 0.281 e. The normalized spacial score (nSPS) is 23.3. The third-order valence-electron chi connectivity index (χ3n) is 7.42. The lowest BCUT2D eigenvalue weighted by molar-refractivity contribution is 0.0334. The van der Waals surface area contributed by atoms with Gasteiger partial charge in [-0.15, -0.1) is 0 Å². The van der Waals surface area contributed by atoms with Crippen molar-refractivity contribution < 1.29 is 36.4 Å². The third kappa shape index (κ3) is 4.05. The van der Waals surface area contributed by atoms with Gasteiger partial charge >= 0.3 is 0 Å². The van der Waals surface area contributed by atoms with Crippen LogP contribution in [-0.2, 0) is 5.41 Å². The summed E-state index contributed by atoms with van der Waals surface area (Å²) in [6.45, 7) is 0.190. The molecule has 2 heterocycles. The number of amides is 1. The van der Waals surface area contributed by atoms with Crippen LogP contribution in [0, 0.1) is 22.9 Å². The van der Waals surface area contributed by atoms with Crippen LogP contribution in [0.1, 0.15) is 66.8 Å². The summed E-state index contributed by atoms with van der Waals surface area (Å²) in [5.41, 5.74) is -1.70. The molecule has 0 aliphatic heterocycles. The zero-order valence-electron chi connectivity index (χ0n) is 18.7. The number of hydrogen-bond donors (Lipinski definition) is 2. The van der Waals surface area contributed by atoms with E-state index in [1.54, 1.807) is 0 Å². The second kappa shape index (κ2) is 8.79. The number of nitrogens with zero attached hydrogens (tertiary/aromatic N) is 4. The first-order chi connectivity index (χ1) is 17.1. The van der Waals surface area contributed by atoms with Gasteiger partial charge in [-0.05, 0) is 50.0 Å². The van der Waals surface area contributed by atoms with Crippen molar-refractivity contribution in [3.05, 3.63) is 53.0 Å². The van der Waals surface area contributed by atoms with E-state index in [4.69, 9.17) is 9.63 Å². The molecule has 1 aromatic carbocycles. The quantitative estimate of drug-likeness (QED) is 0.369. The Morgan fingerprint density at radius 3 is 2.36 bits per heavy atom. The number of aromatic hydroxyl groups is 1. The van der Waals surface area contributed by atoms with E-state index in [-0.39, 0.29) is 29.0 Å². The van der Waals surface area contributed by atoms with Crippen molar-refractivity contribution in [3.8, 4) is 17.3 Å². The molecule has 0 saturated heterocycles. The highest BCUT2D eigenvalue weighted by Crippen LogP contribution is 2.57. The molecule has 2 aromatic heterocycles. The molecule has 0 radical (unpaired) electrons. The number of carbonyl (C=O) groups is 1. The van der Waals surface area contributed by atoms with Gasteiger partial charge in [0.1, 0.15) is 11.4 Å². The third-order valence-corrected chi connectivity index (χ3v) is 7.42. The molecule has 3 aliphatic rings. The Labute approximate surface area is 201 Å². The first-order valence-corrected chi connectivity index (χ1v) is 11.2. The molecule has 8 nitrogen and oxygen atoms in total. The minimum absolute atomic E-state index is 0.0813. The average molecular weight is 509 g/mol. The first-order valence-electron chi connectivity index (χ1n) is 11.2. The summed E-state index contributed by atoms with van der Waals surface area (Å²) >= 11 is 0. The summed E-state index contributed by atoms with van der Waals surface area (Å²) in [5.74, 6) is -6.72. The number of phenolic OH excluding ortho intramolecular Hbond substituents is 1. The Morgan fingerprint density at radius 2 is 1.75 bits per heavy atom. The van der Waals surface area contributed by atoms with Gasteiger partial charge in [0.05, 0.1) is 18.0 Å². The summed E-state index contributed by atoms with van der Waals surface area (Å²) < 4.78 is 72.0. The van der Waals surface area contributed by atoms with Crippen LogP contribution in [0.15, 0.2) is 23.0 Å². The van der Waals surface area contributed by atoms with Crippen LogP contribution in [0.3, 0.4) is 0 Å². The highest BCUT2D eigenvalue weighted by atomic mass is 19.3. The second-order valence-corrected chi connectivity index (χ2v) is 9.40. The molecular weight excluding hydrogens is 489 g/mol. The topological polar surface area (TPSA) is 114 Å². The van der Waals surface area contributed by atoms with Gasteiger partial charge < -0.3 is 14.9 Å². The van der Waals surface area contributed by atoms with Gasteiger partial charge in [-0.25, -0.2) is 22.5 Å². The Hall–Kier alpha value is -3.64. The first kappa shape index (κ1) is 24.1. The van der Waals surface area contributed by atoms with Crippen LogP contribution < -0.4 is 5.32 Å². The number of alkyl halides is 2. The van der Waals surface area contributed by atoms with Crippen molar-refractivity contribution in [1.82, 2.24) is 25.4 Å². The van der Waals surface area contributed by atoms with Gasteiger partial charge in [0.2, 0.25) is 5.82 Å². The van der Waals surface area contributed by atoms with E-state index in [2.05, 4.69) is 25.4 Å². The van der Waals surface area contributed by atoms with E-state index in [0.717, 1.165) is 12.4 Å². The molecule has 3 fully saturated rings. The molecule has 2 N–H and O–H groups in total. The summed E-state index contributed by atoms with van der Waals surface area (Å²) in [5, 5.41) is 15.8. The van der Waals surface area contributed by atoms with Gasteiger partial charge in [0.25, 0.3) is 18.2 Å². The van der Waals surface area contributed by atoms with Crippen LogP contribution in [-0.4, -0.2) is 37.7 Å². The van der Waals surface area contributed by atoms with Crippen LogP contribution in [0.25, 0.3) is 11.6 Å². The van der Waals surface area contributed by atoms with Gasteiger partial charge in [0.15, 0.2) is 23.2 Å². The molecule has 1 amide bonds. The molecule has 3 aromatic rings. The van der Waals surface area contributed by atoms with Crippen LogP contribution in [0.2, 0.25) is 0 Å². The van der Waals surface area contributed by atoms with Crippen molar-refractivity contribution in [1.29, 1.82) is 0 Å². The predicted molar refractivity (Wildman–Crippen MR) is 112 cm³/mol. The number of phenols is 1. The maximum atomic E-state index is 14.0. The van der Waals surface area contributed by atoms with Crippen LogP contribution >= 0.6 is 0 Å². The molecule has 3 saturated carbocycles. The number of benzene rings is 1. The van der Waals surface area contributed by atoms with Gasteiger partial charge in [-0.1, -0.05) is 5.16 Å². The molecule has 0 spiro atoms. The van der Waals surface area contributed by atoms with E-state index in [1.807, 2.05) is 0 Å². The highest BCUT2D eigenvalue weighted by Gasteiger charge is 2.51. The molecule has 6 rings (SSSR count). The Kier molecular flexibility index (Phi) is 5.87. The largest absolute Gasteiger partial charge is 0.503 e. The standard InChI is InChI=1S/C23H20F5N5O3/c24-12-7-11(15(25)16(26)17(12)34)19(35)31-10-22-1-4-23(5-2-22,6-3-22)21-32-20(36-33-21)14-9-29-13(8-30-14)18(27)28/h7-9,18,34H,1-6,10H2,(H,31,35). The second-order valence-electron chi connectivity index (χ2n) is 9.40. The summed E-state index contributed by atoms with van der Waals surface area (Å²) in [4.78, 5) is 24.4. The smallest absolute Gasteiger partial charge is 0.281 e. The maximum absolute atomic E-state index is 14.0. The van der Waals surface area contributed by atoms with Crippen LogP contribution in [0.5, 0.6) is 5.75 Å². The summed E-state index contributed by atoms with van der Waals surface area (Å²) in [6, 6.07) is 0.465. The lowest BCUT2D eigenvalue weighted by Gasteiger charge is -2.52. The lowest BCUT2D eigenvalue weighted by atomic mass is 9.53. The van der Waals surface area contributed by atoms with Crippen molar-refractivity contribution in [2.75, 3.05) is 6.54 Å². The zero-order chi connectivity index (χ0) is 25.7. The molecular formula is C23H20F5N5O3.